The predicted molar refractivity (Wildman–Crippen MR) is 59.0 cm³/mol. The smallest absolute Gasteiger partial charge is 0.00669 e. The molecule has 0 amide bonds. The number of rotatable bonds is 5. The molecule has 78 valence electrons. The molecule has 1 rings (SSSR count). The molecule has 1 saturated heterocycles. The summed E-state index contributed by atoms with van der Waals surface area (Å²) in [5.41, 5.74) is 0. The first-order chi connectivity index (χ1) is 6.34. The summed E-state index contributed by atoms with van der Waals surface area (Å²) in [4.78, 5) is 2.68. The summed E-state index contributed by atoms with van der Waals surface area (Å²) in [6.45, 7) is 7.40. The summed E-state index contributed by atoms with van der Waals surface area (Å²) in [5, 5.41) is 0. The Morgan fingerprint density at radius 3 is 2.38 bits per heavy atom. The van der Waals surface area contributed by atoms with Gasteiger partial charge in [0.15, 0.2) is 0 Å². The highest BCUT2D eigenvalue weighted by Crippen LogP contribution is 2.15. The molecule has 1 unspecified atom stereocenters. The molecule has 13 heavy (non-hydrogen) atoms. The van der Waals surface area contributed by atoms with Crippen LogP contribution in [0.25, 0.3) is 0 Å². The van der Waals surface area contributed by atoms with E-state index in [0.29, 0.717) is 0 Å². The largest absolute Gasteiger partial charge is 0.301 e. The third-order valence-electron chi connectivity index (χ3n) is 3.24. The fourth-order valence-electron chi connectivity index (χ4n) is 2.23. The number of likely N-dealkylation sites (tertiary alicyclic amines) is 1. The molecule has 1 atom stereocenters. The average molecular weight is 183 g/mol. The topological polar surface area (TPSA) is 3.24 Å². The van der Waals surface area contributed by atoms with Crippen LogP contribution in [0.3, 0.4) is 0 Å². The van der Waals surface area contributed by atoms with Crippen LogP contribution >= 0.6 is 0 Å². The molecule has 1 heteroatoms. The Bertz CT molecular complexity index is 116. The van der Waals surface area contributed by atoms with Gasteiger partial charge in [0, 0.05) is 6.04 Å². The van der Waals surface area contributed by atoms with Gasteiger partial charge < -0.3 is 4.90 Å². The number of hydrogen-bond acceptors (Lipinski definition) is 1. The maximum atomic E-state index is 2.68. The first kappa shape index (κ1) is 11.0. The van der Waals surface area contributed by atoms with Crippen molar-refractivity contribution < 1.29 is 0 Å². The SMILES string of the molecule is CCCCCC(C)N1CCCCC1. The maximum absolute atomic E-state index is 2.68. The third kappa shape index (κ3) is 4.12. The van der Waals surface area contributed by atoms with Crippen molar-refractivity contribution >= 4 is 0 Å². The van der Waals surface area contributed by atoms with Crippen molar-refractivity contribution in [3.8, 4) is 0 Å². The summed E-state index contributed by atoms with van der Waals surface area (Å²) < 4.78 is 0. The minimum Gasteiger partial charge on any atom is -0.301 e. The van der Waals surface area contributed by atoms with Gasteiger partial charge in [-0.25, -0.2) is 0 Å². The van der Waals surface area contributed by atoms with E-state index in [0.717, 1.165) is 6.04 Å². The van der Waals surface area contributed by atoms with Gasteiger partial charge in [0.25, 0.3) is 0 Å². The van der Waals surface area contributed by atoms with Crippen molar-refractivity contribution in [1.29, 1.82) is 0 Å². The van der Waals surface area contributed by atoms with Crippen LogP contribution in [0.4, 0.5) is 0 Å². The zero-order valence-electron chi connectivity index (χ0n) is 9.39. The van der Waals surface area contributed by atoms with Gasteiger partial charge >= 0.3 is 0 Å². The molecule has 0 saturated carbocycles. The van der Waals surface area contributed by atoms with Crippen LogP contribution in [-0.4, -0.2) is 24.0 Å². The van der Waals surface area contributed by atoms with E-state index >= 15 is 0 Å². The third-order valence-corrected chi connectivity index (χ3v) is 3.24. The van der Waals surface area contributed by atoms with Crippen LogP contribution in [0.5, 0.6) is 0 Å². The highest BCUT2D eigenvalue weighted by molar-refractivity contribution is 4.71. The number of piperidine rings is 1. The lowest BCUT2D eigenvalue weighted by Crippen LogP contribution is -2.37. The van der Waals surface area contributed by atoms with Gasteiger partial charge in [0.2, 0.25) is 0 Å². The molecule has 1 fully saturated rings. The molecule has 0 aromatic rings. The van der Waals surface area contributed by atoms with Crippen molar-refractivity contribution in [3.63, 3.8) is 0 Å². The quantitative estimate of drug-likeness (QED) is 0.590. The Hall–Kier alpha value is -0.0400. The molecule has 1 aliphatic rings. The Balaban J connectivity index is 2.09. The average Bonchev–Trinajstić information content (AvgIpc) is 2.19. The van der Waals surface area contributed by atoms with Crippen molar-refractivity contribution in [2.45, 2.75) is 64.8 Å². The molecule has 1 nitrogen and oxygen atoms in total. The lowest BCUT2D eigenvalue weighted by molar-refractivity contribution is 0.164. The Morgan fingerprint density at radius 2 is 1.77 bits per heavy atom. The molecular weight excluding hydrogens is 158 g/mol. The monoisotopic (exact) mass is 183 g/mol. The zero-order valence-corrected chi connectivity index (χ0v) is 9.39. The van der Waals surface area contributed by atoms with E-state index in [4.69, 9.17) is 0 Å². The maximum Gasteiger partial charge on any atom is 0.00669 e. The Morgan fingerprint density at radius 1 is 1.08 bits per heavy atom. The van der Waals surface area contributed by atoms with Crippen LogP contribution in [0, 0.1) is 0 Å². The van der Waals surface area contributed by atoms with Gasteiger partial charge in [-0.05, 0) is 39.3 Å². The van der Waals surface area contributed by atoms with Crippen LogP contribution < -0.4 is 0 Å². The van der Waals surface area contributed by atoms with E-state index in [2.05, 4.69) is 18.7 Å². The van der Waals surface area contributed by atoms with Crippen molar-refractivity contribution in [3.05, 3.63) is 0 Å². The van der Waals surface area contributed by atoms with Crippen molar-refractivity contribution in [1.82, 2.24) is 4.90 Å². The zero-order chi connectivity index (χ0) is 9.52. The molecule has 0 spiro atoms. The molecule has 0 bridgehead atoms. The van der Waals surface area contributed by atoms with Gasteiger partial charge in [-0.1, -0.05) is 32.6 Å². The Kier molecular flexibility index (Phi) is 5.45. The molecular formula is C12H25N. The predicted octanol–water partition coefficient (Wildman–Crippen LogP) is 3.44. The van der Waals surface area contributed by atoms with Crippen LogP contribution in [0.1, 0.15) is 58.8 Å². The van der Waals surface area contributed by atoms with E-state index in [-0.39, 0.29) is 0 Å². The highest BCUT2D eigenvalue weighted by atomic mass is 15.1. The minimum absolute atomic E-state index is 0.840. The van der Waals surface area contributed by atoms with E-state index in [1.807, 2.05) is 0 Å². The first-order valence-corrected chi connectivity index (χ1v) is 6.08. The van der Waals surface area contributed by atoms with E-state index in [1.165, 1.54) is 58.0 Å². The molecule has 0 radical (unpaired) electrons. The molecule has 0 N–H and O–H groups in total. The van der Waals surface area contributed by atoms with E-state index in [1.54, 1.807) is 0 Å². The van der Waals surface area contributed by atoms with Gasteiger partial charge in [-0.2, -0.15) is 0 Å². The number of hydrogen-bond donors (Lipinski definition) is 0. The molecule has 1 aliphatic heterocycles. The normalized spacial score (nSPS) is 21.7. The standard InChI is InChI=1S/C12H25N/c1-3-4-6-9-12(2)13-10-7-5-8-11-13/h12H,3-11H2,1-2H3. The van der Waals surface area contributed by atoms with Crippen molar-refractivity contribution in [2.75, 3.05) is 13.1 Å². The summed E-state index contributed by atoms with van der Waals surface area (Å²) in [6, 6.07) is 0.840. The number of unbranched alkanes of at least 4 members (excludes halogenated alkanes) is 2. The van der Waals surface area contributed by atoms with Gasteiger partial charge in [0.1, 0.15) is 0 Å². The molecule has 0 aromatic heterocycles. The first-order valence-electron chi connectivity index (χ1n) is 6.08. The van der Waals surface area contributed by atoms with Crippen LogP contribution in [0.15, 0.2) is 0 Å². The summed E-state index contributed by atoms with van der Waals surface area (Å²) >= 11 is 0. The second-order valence-electron chi connectivity index (χ2n) is 4.44. The van der Waals surface area contributed by atoms with Crippen LogP contribution in [-0.2, 0) is 0 Å². The second-order valence-corrected chi connectivity index (χ2v) is 4.44. The lowest BCUT2D eigenvalue weighted by atomic mass is 10.0. The summed E-state index contributed by atoms with van der Waals surface area (Å²) in [6.07, 6.45) is 9.92. The van der Waals surface area contributed by atoms with E-state index < -0.39 is 0 Å². The summed E-state index contributed by atoms with van der Waals surface area (Å²) in [5.74, 6) is 0. The summed E-state index contributed by atoms with van der Waals surface area (Å²) in [7, 11) is 0. The molecule has 1 heterocycles. The Labute approximate surface area is 83.5 Å². The molecule has 0 aliphatic carbocycles. The number of nitrogens with zero attached hydrogens (tertiary/aromatic N) is 1. The second kappa shape index (κ2) is 6.42. The lowest BCUT2D eigenvalue weighted by Gasteiger charge is -2.32. The van der Waals surface area contributed by atoms with Gasteiger partial charge in [-0.3, -0.25) is 0 Å². The molecule has 0 aromatic carbocycles. The highest BCUT2D eigenvalue weighted by Gasteiger charge is 2.15. The minimum atomic E-state index is 0.840. The fraction of sp³-hybridized carbons (Fsp3) is 1.00. The fourth-order valence-corrected chi connectivity index (χ4v) is 2.23. The van der Waals surface area contributed by atoms with E-state index in [9.17, 15) is 0 Å². The van der Waals surface area contributed by atoms with Gasteiger partial charge in [-0.15, -0.1) is 0 Å². The van der Waals surface area contributed by atoms with Crippen molar-refractivity contribution in [2.24, 2.45) is 0 Å². The van der Waals surface area contributed by atoms with Gasteiger partial charge in [0.05, 0.1) is 0 Å². The van der Waals surface area contributed by atoms with Crippen LogP contribution in [0.2, 0.25) is 0 Å².